The van der Waals surface area contributed by atoms with Crippen molar-refractivity contribution in [3.05, 3.63) is 0 Å². The Kier molecular flexibility index (Phi) is 5.22. The Morgan fingerprint density at radius 3 is 2.86 bits per heavy atom. The first-order valence-electron chi connectivity index (χ1n) is 4.83. The predicted octanol–water partition coefficient (Wildman–Crippen LogP) is 0.489. The molecule has 1 fully saturated rings. The Labute approximate surface area is 89.1 Å². The molecule has 82 valence electrons. The van der Waals surface area contributed by atoms with Crippen molar-refractivity contribution in [1.82, 2.24) is 4.90 Å². The average Bonchev–Trinajstić information content (AvgIpc) is 2.26. The molecule has 1 amide bonds. The number of hydrogen-bond acceptors (Lipinski definition) is 3. The average molecular weight is 222 g/mol. The van der Waals surface area contributed by atoms with Gasteiger partial charge in [-0.2, -0.15) is 0 Å². The van der Waals surface area contributed by atoms with Gasteiger partial charge in [0.15, 0.2) is 6.10 Å². The topological polar surface area (TPSA) is 38.8 Å². The number of carbonyl (C=O) groups is 1. The molecule has 5 heteroatoms. The van der Waals surface area contributed by atoms with Crippen LogP contribution in [-0.2, 0) is 14.3 Å². The highest BCUT2D eigenvalue weighted by Gasteiger charge is 2.26. The zero-order valence-electron chi connectivity index (χ0n) is 8.37. The third-order valence-corrected chi connectivity index (χ3v) is 2.31. The first kappa shape index (κ1) is 11.8. The molecule has 1 rings (SSSR count). The molecule has 1 saturated heterocycles. The Morgan fingerprint density at radius 1 is 1.57 bits per heavy atom. The molecule has 14 heavy (non-hydrogen) atoms. The van der Waals surface area contributed by atoms with Crippen molar-refractivity contribution >= 4 is 17.5 Å². The molecule has 0 saturated carbocycles. The normalized spacial score (nSPS) is 22.0. The second kappa shape index (κ2) is 6.22. The maximum Gasteiger partial charge on any atom is 0.254 e. The van der Waals surface area contributed by atoms with E-state index < -0.39 is 6.10 Å². The van der Waals surface area contributed by atoms with Crippen LogP contribution in [0.1, 0.15) is 6.92 Å². The molecule has 1 unspecified atom stereocenters. The summed E-state index contributed by atoms with van der Waals surface area (Å²) in [6.07, 6.45) is -0.438. The molecular weight excluding hydrogens is 206 g/mol. The molecule has 0 bridgehead atoms. The standard InChI is InChI=1S/C9H16ClNO3/c1-2-11(4-3-10)9(12)8-7-13-5-6-14-8/h8H,2-7H2,1H3. The van der Waals surface area contributed by atoms with Crippen LogP contribution >= 0.6 is 11.6 Å². The molecule has 0 N–H and O–H groups in total. The van der Waals surface area contributed by atoms with Crippen LogP contribution in [0.5, 0.6) is 0 Å². The minimum atomic E-state index is -0.438. The molecule has 0 radical (unpaired) electrons. The van der Waals surface area contributed by atoms with Crippen LogP contribution in [0.25, 0.3) is 0 Å². The Hall–Kier alpha value is -0.320. The van der Waals surface area contributed by atoms with E-state index in [-0.39, 0.29) is 5.91 Å². The van der Waals surface area contributed by atoms with Crippen molar-refractivity contribution in [3.8, 4) is 0 Å². The highest BCUT2D eigenvalue weighted by Crippen LogP contribution is 2.05. The zero-order chi connectivity index (χ0) is 10.4. The summed E-state index contributed by atoms with van der Waals surface area (Å²) in [4.78, 5) is 13.5. The number of carbonyl (C=O) groups excluding carboxylic acids is 1. The number of hydrogen-bond donors (Lipinski definition) is 0. The summed E-state index contributed by atoms with van der Waals surface area (Å²) in [6.45, 7) is 4.58. The number of rotatable bonds is 4. The maximum atomic E-state index is 11.8. The number of halogens is 1. The molecule has 0 aromatic rings. The first-order valence-corrected chi connectivity index (χ1v) is 5.37. The van der Waals surface area contributed by atoms with E-state index in [1.165, 1.54) is 0 Å². The third-order valence-electron chi connectivity index (χ3n) is 2.14. The van der Waals surface area contributed by atoms with Gasteiger partial charge in [0.25, 0.3) is 5.91 Å². The van der Waals surface area contributed by atoms with Gasteiger partial charge >= 0.3 is 0 Å². The van der Waals surface area contributed by atoms with Crippen molar-refractivity contribution in [2.45, 2.75) is 13.0 Å². The van der Waals surface area contributed by atoms with Gasteiger partial charge in [-0.3, -0.25) is 4.79 Å². The van der Waals surface area contributed by atoms with Crippen molar-refractivity contribution in [2.24, 2.45) is 0 Å². The summed E-state index contributed by atoms with van der Waals surface area (Å²) in [5, 5.41) is 0. The van der Waals surface area contributed by atoms with Crippen LogP contribution in [-0.4, -0.2) is 55.7 Å². The van der Waals surface area contributed by atoms with Crippen LogP contribution < -0.4 is 0 Å². The fourth-order valence-electron chi connectivity index (χ4n) is 1.36. The Morgan fingerprint density at radius 2 is 2.36 bits per heavy atom. The summed E-state index contributed by atoms with van der Waals surface area (Å²) >= 11 is 5.59. The molecule has 0 spiro atoms. The second-order valence-corrected chi connectivity index (χ2v) is 3.42. The molecule has 1 aliphatic rings. The lowest BCUT2D eigenvalue weighted by atomic mass is 10.3. The van der Waals surface area contributed by atoms with Crippen molar-refractivity contribution in [1.29, 1.82) is 0 Å². The minimum Gasteiger partial charge on any atom is -0.376 e. The summed E-state index contributed by atoms with van der Waals surface area (Å²) in [5.74, 6) is 0.431. The number of alkyl halides is 1. The Balaban J connectivity index is 2.43. The lowest BCUT2D eigenvalue weighted by molar-refractivity contribution is -0.157. The fourth-order valence-corrected chi connectivity index (χ4v) is 1.56. The van der Waals surface area contributed by atoms with Crippen LogP contribution in [0.15, 0.2) is 0 Å². The molecule has 4 nitrogen and oxygen atoms in total. The van der Waals surface area contributed by atoms with Gasteiger partial charge in [-0.15, -0.1) is 11.6 Å². The van der Waals surface area contributed by atoms with Gasteiger partial charge in [-0.05, 0) is 6.92 Å². The number of nitrogens with zero attached hydrogens (tertiary/aromatic N) is 1. The molecule has 0 aromatic carbocycles. The molecular formula is C9H16ClNO3. The molecule has 1 heterocycles. The number of amides is 1. The van der Waals surface area contributed by atoms with Crippen molar-refractivity contribution < 1.29 is 14.3 Å². The van der Waals surface area contributed by atoms with Gasteiger partial charge in [0.05, 0.1) is 19.8 Å². The van der Waals surface area contributed by atoms with Gasteiger partial charge in [-0.25, -0.2) is 0 Å². The summed E-state index contributed by atoms with van der Waals surface area (Å²) < 4.78 is 10.5. The number of ether oxygens (including phenoxy) is 2. The van der Waals surface area contributed by atoms with Crippen molar-refractivity contribution in [2.75, 3.05) is 38.8 Å². The minimum absolute atomic E-state index is 0.0205. The first-order chi connectivity index (χ1) is 6.79. The van der Waals surface area contributed by atoms with E-state index in [1.807, 2.05) is 6.92 Å². The van der Waals surface area contributed by atoms with Crippen LogP contribution in [0, 0.1) is 0 Å². The summed E-state index contributed by atoms with van der Waals surface area (Å²) in [5.41, 5.74) is 0. The van der Waals surface area contributed by atoms with Gasteiger partial charge in [0, 0.05) is 19.0 Å². The molecule has 1 atom stereocenters. The van der Waals surface area contributed by atoms with E-state index >= 15 is 0 Å². The van der Waals surface area contributed by atoms with Crippen LogP contribution in [0.3, 0.4) is 0 Å². The molecule has 0 aromatic heterocycles. The third kappa shape index (κ3) is 3.12. The SMILES string of the molecule is CCN(CCCl)C(=O)C1COCCO1. The van der Waals surface area contributed by atoms with E-state index in [2.05, 4.69) is 0 Å². The van der Waals surface area contributed by atoms with Gasteiger partial charge < -0.3 is 14.4 Å². The lowest BCUT2D eigenvalue weighted by Gasteiger charge is -2.28. The summed E-state index contributed by atoms with van der Waals surface area (Å²) in [6, 6.07) is 0. The quantitative estimate of drug-likeness (QED) is 0.649. The highest BCUT2D eigenvalue weighted by atomic mass is 35.5. The largest absolute Gasteiger partial charge is 0.376 e. The van der Waals surface area contributed by atoms with E-state index in [0.717, 1.165) is 0 Å². The van der Waals surface area contributed by atoms with Gasteiger partial charge in [-0.1, -0.05) is 0 Å². The number of likely N-dealkylation sites (N-methyl/N-ethyl adjacent to an activating group) is 1. The van der Waals surface area contributed by atoms with Gasteiger partial charge in [0.2, 0.25) is 0 Å². The Bertz CT molecular complexity index is 176. The predicted molar refractivity (Wildman–Crippen MR) is 53.5 cm³/mol. The molecule has 1 aliphatic heterocycles. The second-order valence-electron chi connectivity index (χ2n) is 3.04. The summed E-state index contributed by atoms with van der Waals surface area (Å²) in [7, 11) is 0. The lowest BCUT2D eigenvalue weighted by Crippen LogP contribution is -2.45. The van der Waals surface area contributed by atoms with E-state index in [9.17, 15) is 4.79 Å². The zero-order valence-corrected chi connectivity index (χ0v) is 9.13. The van der Waals surface area contributed by atoms with E-state index in [1.54, 1.807) is 4.90 Å². The highest BCUT2D eigenvalue weighted by molar-refractivity contribution is 6.18. The monoisotopic (exact) mass is 221 g/mol. The van der Waals surface area contributed by atoms with Crippen LogP contribution in [0.4, 0.5) is 0 Å². The van der Waals surface area contributed by atoms with Crippen LogP contribution in [0.2, 0.25) is 0 Å². The van der Waals surface area contributed by atoms with Crippen molar-refractivity contribution in [3.63, 3.8) is 0 Å². The van der Waals surface area contributed by atoms with E-state index in [4.69, 9.17) is 21.1 Å². The smallest absolute Gasteiger partial charge is 0.254 e. The molecule has 0 aliphatic carbocycles. The van der Waals surface area contributed by atoms with E-state index in [0.29, 0.717) is 38.8 Å². The van der Waals surface area contributed by atoms with Gasteiger partial charge in [0.1, 0.15) is 0 Å². The fraction of sp³-hybridized carbons (Fsp3) is 0.889. The maximum absolute atomic E-state index is 11.8.